The molecular weight excluding hydrogens is 418 g/mol. The summed E-state index contributed by atoms with van der Waals surface area (Å²) < 4.78 is 5.22. The van der Waals surface area contributed by atoms with Gasteiger partial charge in [0, 0.05) is 16.7 Å². The van der Waals surface area contributed by atoms with E-state index in [0.717, 1.165) is 10.8 Å². The van der Waals surface area contributed by atoms with E-state index < -0.39 is 18.5 Å². The minimum atomic E-state index is -0.628. The van der Waals surface area contributed by atoms with Gasteiger partial charge in [-0.25, -0.2) is 4.79 Å². The summed E-state index contributed by atoms with van der Waals surface area (Å²) in [5.74, 6) is -1.86. The molecule has 33 heavy (non-hydrogen) atoms. The largest absolute Gasteiger partial charge is 0.452 e. The van der Waals surface area contributed by atoms with Crippen LogP contribution in [0.15, 0.2) is 84.9 Å². The Labute approximate surface area is 188 Å². The predicted octanol–water partition coefficient (Wildman–Crippen LogP) is 4.41. The van der Waals surface area contributed by atoms with Crippen LogP contribution in [0.4, 0.5) is 5.69 Å². The highest BCUT2D eigenvalue weighted by atomic mass is 16.5. The van der Waals surface area contributed by atoms with E-state index in [9.17, 15) is 19.2 Å². The SMILES string of the molecule is O=C(COC(=O)c1cccc2ccccc12)Nc1cccc2c1C(=O)c1ccccc1C2=O. The van der Waals surface area contributed by atoms with Gasteiger partial charge in [-0.3, -0.25) is 14.4 Å². The van der Waals surface area contributed by atoms with E-state index in [1.165, 1.54) is 0 Å². The van der Waals surface area contributed by atoms with Gasteiger partial charge in [-0.2, -0.15) is 0 Å². The molecule has 0 fully saturated rings. The van der Waals surface area contributed by atoms with Crippen molar-refractivity contribution < 1.29 is 23.9 Å². The number of hydrogen-bond donors (Lipinski definition) is 1. The van der Waals surface area contributed by atoms with E-state index in [1.807, 2.05) is 30.3 Å². The third-order valence-electron chi connectivity index (χ3n) is 5.57. The second kappa shape index (κ2) is 8.16. The molecular formula is C27H17NO5. The molecule has 0 heterocycles. The lowest BCUT2D eigenvalue weighted by atomic mass is 9.83. The van der Waals surface area contributed by atoms with E-state index >= 15 is 0 Å². The molecule has 0 bridgehead atoms. The Kier molecular flexibility index (Phi) is 5.03. The van der Waals surface area contributed by atoms with Gasteiger partial charge in [0.15, 0.2) is 18.2 Å². The smallest absolute Gasteiger partial charge is 0.339 e. The summed E-state index contributed by atoms with van der Waals surface area (Å²) in [6.45, 7) is -0.537. The third-order valence-corrected chi connectivity index (χ3v) is 5.57. The van der Waals surface area contributed by atoms with E-state index in [4.69, 9.17) is 4.74 Å². The summed E-state index contributed by atoms with van der Waals surface area (Å²) in [6.07, 6.45) is 0. The summed E-state index contributed by atoms with van der Waals surface area (Å²) in [5, 5.41) is 4.22. The van der Waals surface area contributed by atoms with Crippen LogP contribution in [0, 0.1) is 0 Å². The Hall–Kier alpha value is -4.58. The van der Waals surface area contributed by atoms with Crippen molar-refractivity contribution >= 4 is 39.9 Å². The Bertz CT molecular complexity index is 1470. The number of amides is 1. The van der Waals surface area contributed by atoms with Crippen molar-refractivity contribution in [1.29, 1.82) is 0 Å². The summed E-state index contributed by atoms with van der Waals surface area (Å²) in [5.41, 5.74) is 1.54. The number of carbonyl (C=O) groups is 4. The van der Waals surface area contributed by atoms with Gasteiger partial charge >= 0.3 is 5.97 Å². The maximum absolute atomic E-state index is 13.0. The second-order valence-corrected chi connectivity index (χ2v) is 7.58. The molecule has 1 aliphatic rings. The summed E-state index contributed by atoms with van der Waals surface area (Å²) >= 11 is 0. The topological polar surface area (TPSA) is 89.5 Å². The lowest BCUT2D eigenvalue weighted by Crippen LogP contribution is -2.26. The highest BCUT2D eigenvalue weighted by Crippen LogP contribution is 2.32. The van der Waals surface area contributed by atoms with Crippen LogP contribution in [0.1, 0.15) is 42.2 Å². The average Bonchev–Trinajstić information content (AvgIpc) is 2.85. The lowest BCUT2D eigenvalue weighted by Gasteiger charge is -2.20. The summed E-state index contributed by atoms with van der Waals surface area (Å²) in [4.78, 5) is 51.0. The Morgan fingerprint density at radius 1 is 0.697 bits per heavy atom. The predicted molar refractivity (Wildman–Crippen MR) is 123 cm³/mol. The summed E-state index contributed by atoms with van der Waals surface area (Å²) in [6, 6.07) is 23.9. The van der Waals surface area contributed by atoms with Crippen LogP contribution >= 0.6 is 0 Å². The lowest BCUT2D eigenvalue weighted by molar-refractivity contribution is -0.119. The normalized spacial score (nSPS) is 12.1. The zero-order chi connectivity index (χ0) is 22.9. The number of esters is 1. The molecule has 0 spiro atoms. The fraction of sp³-hybridized carbons (Fsp3) is 0.0370. The molecule has 1 aliphatic carbocycles. The van der Waals surface area contributed by atoms with Crippen LogP contribution in [0.25, 0.3) is 10.8 Å². The monoisotopic (exact) mass is 435 g/mol. The molecule has 0 saturated heterocycles. The number of ether oxygens (including phenoxy) is 1. The fourth-order valence-electron chi connectivity index (χ4n) is 4.05. The summed E-state index contributed by atoms with van der Waals surface area (Å²) in [7, 11) is 0. The number of rotatable bonds is 4. The van der Waals surface area contributed by atoms with Crippen molar-refractivity contribution in [2.75, 3.05) is 11.9 Å². The van der Waals surface area contributed by atoms with Crippen LogP contribution in [0.2, 0.25) is 0 Å². The van der Waals surface area contributed by atoms with Crippen molar-refractivity contribution in [3.63, 3.8) is 0 Å². The van der Waals surface area contributed by atoms with Gasteiger partial charge in [0.2, 0.25) is 0 Å². The van der Waals surface area contributed by atoms with Crippen LogP contribution in [-0.2, 0) is 9.53 Å². The molecule has 0 radical (unpaired) electrons. The zero-order valence-corrected chi connectivity index (χ0v) is 17.3. The van der Waals surface area contributed by atoms with Gasteiger partial charge in [0.05, 0.1) is 16.8 Å². The quantitative estimate of drug-likeness (QED) is 0.423. The number of fused-ring (bicyclic) bond motifs is 3. The molecule has 4 aromatic rings. The third kappa shape index (κ3) is 3.57. The number of anilines is 1. The molecule has 0 atom stereocenters. The van der Waals surface area contributed by atoms with E-state index in [0.29, 0.717) is 16.7 Å². The maximum Gasteiger partial charge on any atom is 0.339 e. The Balaban J connectivity index is 1.35. The van der Waals surface area contributed by atoms with Gasteiger partial charge in [0.25, 0.3) is 5.91 Å². The molecule has 1 amide bonds. The number of hydrogen-bond acceptors (Lipinski definition) is 5. The van der Waals surface area contributed by atoms with Crippen LogP contribution in [-0.4, -0.2) is 30.0 Å². The van der Waals surface area contributed by atoms with Gasteiger partial charge in [-0.05, 0) is 22.9 Å². The van der Waals surface area contributed by atoms with E-state index in [-0.39, 0.29) is 28.4 Å². The Morgan fingerprint density at radius 2 is 1.33 bits per heavy atom. The van der Waals surface area contributed by atoms with Crippen molar-refractivity contribution in [2.45, 2.75) is 0 Å². The first-order valence-corrected chi connectivity index (χ1v) is 10.3. The molecule has 160 valence electrons. The fourth-order valence-corrected chi connectivity index (χ4v) is 4.05. The maximum atomic E-state index is 13.0. The van der Waals surface area contributed by atoms with Crippen molar-refractivity contribution in [1.82, 2.24) is 0 Å². The first kappa shape index (κ1) is 20.3. The van der Waals surface area contributed by atoms with Gasteiger partial charge in [0.1, 0.15) is 0 Å². The molecule has 0 saturated carbocycles. The highest BCUT2D eigenvalue weighted by Gasteiger charge is 2.31. The number of nitrogens with one attached hydrogen (secondary N) is 1. The van der Waals surface area contributed by atoms with Crippen molar-refractivity contribution in [2.24, 2.45) is 0 Å². The molecule has 0 unspecified atom stereocenters. The Morgan fingerprint density at radius 3 is 2.15 bits per heavy atom. The molecule has 0 aromatic heterocycles. The molecule has 4 aromatic carbocycles. The number of ketones is 2. The van der Waals surface area contributed by atoms with Crippen LogP contribution in [0.3, 0.4) is 0 Å². The first-order chi connectivity index (χ1) is 16.0. The number of benzene rings is 4. The minimum Gasteiger partial charge on any atom is -0.452 e. The standard InChI is InChI=1S/C27H17NO5/c29-23(15-33-27(32)20-12-5-8-16-7-1-2-9-17(16)20)28-22-14-6-13-21-24(22)26(31)19-11-4-3-10-18(19)25(21)30/h1-14H,15H2,(H,28,29). The van der Waals surface area contributed by atoms with Crippen molar-refractivity contribution in [3.8, 4) is 0 Å². The molecule has 1 N–H and O–H groups in total. The highest BCUT2D eigenvalue weighted by molar-refractivity contribution is 6.30. The van der Waals surface area contributed by atoms with Crippen LogP contribution < -0.4 is 5.32 Å². The van der Waals surface area contributed by atoms with Gasteiger partial charge in [-0.15, -0.1) is 0 Å². The molecule has 0 aliphatic heterocycles. The van der Waals surface area contributed by atoms with Crippen molar-refractivity contribution in [3.05, 3.63) is 113 Å². The average molecular weight is 435 g/mol. The molecule has 6 nitrogen and oxygen atoms in total. The molecule has 6 heteroatoms. The molecule has 5 rings (SSSR count). The van der Waals surface area contributed by atoms with Crippen LogP contribution in [0.5, 0.6) is 0 Å². The second-order valence-electron chi connectivity index (χ2n) is 7.58. The number of carbonyl (C=O) groups excluding carboxylic acids is 4. The minimum absolute atomic E-state index is 0.134. The van der Waals surface area contributed by atoms with E-state index in [2.05, 4.69) is 5.32 Å². The zero-order valence-electron chi connectivity index (χ0n) is 17.3. The first-order valence-electron chi connectivity index (χ1n) is 10.3. The van der Waals surface area contributed by atoms with Gasteiger partial charge < -0.3 is 10.1 Å². The van der Waals surface area contributed by atoms with Gasteiger partial charge in [-0.1, -0.05) is 72.8 Å². The van der Waals surface area contributed by atoms with E-state index in [1.54, 1.807) is 54.6 Å².